The van der Waals surface area contributed by atoms with Crippen LogP contribution in [0.25, 0.3) is 0 Å². The van der Waals surface area contributed by atoms with Gasteiger partial charge >= 0.3 is 6.01 Å². The van der Waals surface area contributed by atoms with Crippen molar-refractivity contribution in [2.75, 3.05) is 23.4 Å². The van der Waals surface area contributed by atoms with Gasteiger partial charge in [0, 0.05) is 24.6 Å². The number of carbonyl (C=O) groups is 2. The van der Waals surface area contributed by atoms with Crippen molar-refractivity contribution in [3.8, 4) is 5.75 Å². The summed E-state index contributed by atoms with van der Waals surface area (Å²) >= 11 is 0. The van der Waals surface area contributed by atoms with Crippen LogP contribution >= 0.6 is 0 Å². The lowest BCUT2D eigenvalue weighted by Gasteiger charge is -2.16. The van der Waals surface area contributed by atoms with Gasteiger partial charge in [0.2, 0.25) is 17.7 Å². The molecule has 1 aliphatic heterocycles. The van der Waals surface area contributed by atoms with Gasteiger partial charge in [0.05, 0.1) is 12.5 Å². The van der Waals surface area contributed by atoms with Gasteiger partial charge in [0.15, 0.2) is 0 Å². The number of benzene rings is 1. The number of rotatable bonds is 6. The molecule has 1 unspecified atom stereocenters. The van der Waals surface area contributed by atoms with Crippen LogP contribution in [0.4, 0.5) is 11.7 Å². The van der Waals surface area contributed by atoms with Crippen molar-refractivity contribution in [3.05, 3.63) is 30.2 Å². The fraction of sp³-hybridized carbons (Fsp3) is 0.444. The summed E-state index contributed by atoms with van der Waals surface area (Å²) in [6, 6.07) is 7.51. The van der Waals surface area contributed by atoms with Crippen molar-refractivity contribution in [2.24, 2.45) is 5.92 Å². The molecule has 0 bridgehead atoms. The molecular formula is C18H20N4O4. The van der Waals surface area contributed by atoms with Gasteiger partial charge in [-0.25, -0.2) is 0 Å². The fourth-order valence-electron chi connectivity index (χ4n) is 3.01. The van der Waals surface area contributed by atoms with Gasteiger partial charge in [0.25, 0.3) is 0 Å². The topological polar surface area (TPSA) is 97.6 Å². The molecule has 2 aliphatic rings. The van der Waals surface area contributed by atoms with Gasteiger partial charge in [-0.2, -0.15) is 0 Å². The molecule has 4 rings (SSSR count). The van der Waals surface area contributed by atoms with Gasteiger partial charge in [-0.15, -0.1) is 5.10 Å². The second-order valence-electron chi connectivity index (χ2n) is 6.54. The molecule has 2 heterocycles. The van der Waals surface area contributed by atoms with Crippen LogP contribution < -0.4 is 15.0 Å². The number of hydrogen-bond donors (Lipinski definition) is 1. The first-order valence-electron chi connectivity index (χ1n) is 8.81. The summed E-state index contributed by atoms with van der Waals surface area (Å²) in [6.45, 7) is 2.99. The van der Waals surface area contributed by atoms with Crippen LogP contribution in [0.2, 0.25) is 0 Å². The second kappa shape index (κ2) is 6.78. The summed E-state index contributed by atoms with van der Waals surface area (Å²) in [4.78, 5) is 25.8. The summed E-state index contributed by atoms with van der Waals surface area (Å²) in [6.07, 6.45) is 2.10. The van der Waals surface area contributed by atoms with E-state index < -0.39 is 0 Å². The Morgan fingerprint density at radius 1 is 1.31 bits per heavy atom. The standard InChI is InChI=1S/C18H20N4O4/c1-2-25-14-7-5-13(6-8-14)22-10-12(9-15(22)23)17-20-21-18(26-17)19-16(24)11-3-4-11/h5-8,11-12H,2-4,9-10H2,1H3,(H,19,21,24). The lowest BCUT2D eigenvalue weighted by Crippen LogP contribution is -2.24. The molecule has 1 aromatic heterocycles. The molecule has 8 heteroatoms. The van der Waals surface area contributed by atoms with Crippen molar-refractivity contribution >= 4 is 23.5 Å². The molecule has 136 valence electrons. The fourth-order valence-corrected chi connectivity index (χ4v) is 3.01. The van der Waals surface area contributed by atoms with Crippen LogP contribution in [-0.4, -0.2) is 35.2 Å². The minimum Gasteiger partial charge on any atom is -0.494 e. The highest BCUT2D eigenvalue weighted by atomic mass is 16.5. The molecule has 2 amide bonds. The summed E-state index contributed by atoms with van der Waals surface area (Å²) in [5.74, 6) is 0.937. The van der Waals surface area contributed by atoms with Crippen LogP contribution in [0.5, 0.6) is 5.75 Å². The zero-order chi connectivity index (χ0) is 18.1. The highest BCUT2D eigenvalue weighted by molar-refractivity contribution is 5.96. The van der Waals surface area contributed by atoms with Crippen LogP contribution in [0, 0.1) is 5.92 Å². The molecule has 1 atom stereocenters. The SMILES string of the molecule is CCOc1ccc(N2CC(c3nnc(NC(=O)C4CC4)o3)CC2=O)cc1. The van der Waals surface area contributed by atoms with Gasteiger partial charge in [-0.1, -0.05) is 5.10 Å². The Kier molecular flexibility index (Phi) is 4.32. The van der Waals surface area contributed by atoms with Crippen LogP contribution in [0.3, 0.4) is 0 Å². The minimum absolute atomic E-state index is 0.000857. The Balaban J connectivity index is 1.42. The van der Waals surface area contributed by atoms with E-state index in [0.29, 0.717) is 25.5 Å². The van der Waals surface area contributed by atoms with Crippen molar-refractivity contribution in [1.29, 1.82) is 0 Å². The maximum atomic E-state index is 12.4. The highest BCUT2D eigenvalue weighted by Crippen LogP contribution is 2.33. The summed E-state index contributed by atoms with van der Waals surface area (Å²) in [5, 5.41) is 10.5. The molecule has 26 heavy (non-hydrogen) atoms. The predicted molar refractivity (Wildman–Crippen MR) is 93.0 cm³/mol. The Labute approximate surface area is 150 Å². The number of anilines is 2. The van der Waals surface area contributed by atoms with E-state index >= 15 is 0 Å². The molecule has 8 nitrogen and oxygen atoms in total. The van der Waals surface area contributed by atoms with Gasteiger partial charge < -0.3 is 14.1 Å². The number of ether oxygens (including phenoxy) is 1. The average Bonchev–Trinajstić information content (AvgIpc) is 3.28. The highest BCUT2D eigenvalue weighted by Gasteiger charge is 2.36. The third-order valence-corrected chi connectivity index (χ3v) is 4.55. The molecule has 2 aromatic rings. The Bertz CT molecular complexity index is 813. The smallest absolute Gasteiger partial charge is 0.322 e. The van der Waals surface area contributed by atoms with Gasteiger partial charge in [-0.05, 0) is 44.0 Å². The van der Waals surface area contributed by atoms with Crippen LogP contribution in [0.15, 0.2) is 28.7 Å². The molecular weight excluding hydrogens is 336 g/mol. The quantitative estimate of drug-likeness (QED) is 0.853. The van der Waals surface area contributed by atoms with E-state index in [4.69, 9.17) is 9.15 Å². The van der Waals surface area contributed by atoms with Crippen LogP contribution in [0.1, 0.15) is 38.0 Å². The monoisotopic (exact) mass is 356 g/mol. The molecule has 2 fully saturated rings. The van der Waals surface area contributed by atoms with Gasteiger partial charge in [0.1, 0.15) is 5.75 Å². The van der Waals surface area contributed by atoms with E-state index in [-0.39, 0.29) is 29.7 Å². The van der Waals surface area contributed by atoms with Crippen molar-refractivity contribution in [1.82, 2.24) is 10.2 Å². The minimum atomic E-state index is -0.187. The molecule has 1 saturated carbocycles. The lowest BCUT2D eigenvalue weighted by molar-refractivity contribution is -0.118. The number of nitrogens with zero attached hydrogens (tertiary/aromatic N) is 3. The number of aromatic nitrogens is 2. The van der Waals surface area contributed by atoms with Crippen LogP contribution in [-0.2, 0) is 9.59 Å². The predicted octanol–water partition coefficient (Wildman–Crippen LogP) is 2.34. The maximum absolute atomic E-state index is 12.4. The van der Waals surface area contributed by atoms with E-state index in [0.717, 1.165) is 24.3 Å². The number of nitrogens with one attached hydrogen (secondary N) is 1. The molecule has 1 N–H and O–H groups in total. The van der Waals surface area contributed by atoms with E-state index in [1.165, 1.54) is 0 Å². The van der Waals surface area contributed by atoms with E-state index in [1.54, 1.807) is 4.90 Å². The Morgan fingerprint density at radius 2 is 2.08 bits per heavy atom. The van der Waals surface area contributed by atoms with Crippen molar-refractivity contribution in [3.63, 3.8) is 0 Å². The second-order valence-corrected chi connectivity index (χ2v) is 6.54. The molecule has 1 aromatic carbocycles. The summed E-state index contributed by atoms with van der Waals surface area (Å²) in [5.41, 5.74) is 0.808. The Hall–Kier alpha value is -2.90. The normalized spacial score (nSPS) is 19.7. The zero-order valence-electron chi connectivity index (χ0n) is 14.5. The molecule has 0 radical (unpaired) electrons. The number of carbonyl (C=O) groups excluding carboxylic acids is 2. The maximum Gasteiger partial charge on any atom is 0.322 e. The zero-order valence-corrected chi connectivity index (χ0v) is 14.5. The Morgan fingerprint density at radius 3 is 2.77 bits per heavy atom. The van der Waals surface area contributed by atoms with Crippen molar-refractivity contribution < 1.29 is 18.7 Å². The summed E-state index contributed by atoms with van der Waals surface area (Å²) < 4.78 is 11.0. The molecule has 0 spiro atoms. The first-order valence-corrected chi connectivity index (χ1v) is 8.81. The first-order chi connectivity index (χ1) is 12.6. The summed E-state index contributed by atoms with van der Waals surface area (Å²) in [7, 11) is 0. The third-order valence-electron chi connectivity index (χ3n) is 4.55. The first kappa shape index (κ1) is 16.6. The molecule has 1 saturated heterocycles. The van der Waals surface area contributed by atoms with Gasteiger partial charge in [-0.3, -0.25) is 14.9 Å². The van der Waals surface area contributed by atoms with E-state index in [2.05, 4.69) is 15.5 Å². The average molecular weight is 356 g/mol. The largest absolute Gasteiger partial charge is 0.494 e. The number of amides is 2. The van der Waals surface area contributed by atoms with E-state index in [1.807, 2.05) is 31.2 Å². The third kappa shape index (κ3) is 3.40. The lowest BCUT2D eigenvalue weighted by atomic mass is 10.1. The number of hydrogen-bond acceptors (Lipinski definition) is 6. The molecule has 1 aliphatic carbocycles. The van der Waals surface area contributed by atoms with Crippen molar-refractivity contribution in [2.45, 2.75) is 32.1 Å². The van der Waals surface area contributed by atoms with E-state index in [9.17, 15) is 9.59 Å².